The maximum absolute atomic E-state index is 14.4. The number of hydrogen-bond donors (Lipinski definition) is 1. The van der Waals surface area contributed by atoms with Crippen molar-refractivity contribution in [1.82, 2.24) is 15.1 Å². The van der Waals surface area contributed by atoms with E-state index in [4.69, 9.17) is 4.74 Å². The highest BCUT2D eigenvalue weighted by Crippen LogP contribution is 2.38. The van der Waals surface area contributed by atoms with Crippen LogP contribution < -0.4 is 19.9 Å². The highest BCUT2D eigenvalue weighted by molar-refractivity contribution is 9.10. The molecule has 212 valence electrons. The number of carbonyl (C=O) groups excluding carboxylic acids is 3. The minimum absolute atomic E-state index is 0.0381. The van der Waals surface area contributed by atoms with Crippen LogP contribution in [0.25, 0.3) is 10.8 Å². The molecule has 0 spiro atoms. The van der Waals surface area contributed by atoms with Gasteiger partial charge in [-0.3, -0.25) is 19.1 Å². The largest absolute Gasteiger partial charge is 0.496 e. The van der Waals surface area contributed by atoms with E-state index in [1.54, 1.807) is 36.0 Å². The van der Waals surface area contributed by atoms with Gasteiger partial charge in [-0.05, 0) is 53.6 Å². The monoisotopic (exact) mass is 617 g/mol. The van der Waals surface area contributed by atoms with Crippen molar-refractivity contribution in [2.75, 3.05) is 23.5 Å². The summed E-state index contributed by atoms with van der Waals surface area (Å²) in [5, 5.41) is 9.16. The molecule has 1 aliphatic heterocycles. The molecule has 0 fully saturated rings. The fourth-order valence-electron chi connectivity index (χ4n) is 5.07. The lowest BCUT2D eigenvalue weighted by Crippen LogP contribution is -2.53. The Kier molecular flexibility index (Phi) is 8.12. The summed E-state index contributed by atoms with van der Waals surface area (Å²) in [6.45, 7) is 3.87. The molecule has 3 amide bonds. The summed E-state index contributed by atoms with van der Waals surface area (Å²) in [6, 6.07) is 17.8. The van der Waals surface area contributed by atoms with Crippen molar-refractivity contribution in [2.45, 2.75) is 32.9 Å². The van der Waals surface area contributed by atoms with Crippen LogP contribution >= 0.6 is 15.9 Å². The summed E-state index contributed by atoms with van der Waals surface area (Å²) in [5.74, 6) is -0.575. The maximum Gasteiger partial charge on any atom is 0.278 e. The number of aryl methyl sites for hydroxylation is 1. The van der Waals surface area contributed by atoms with E-state index in [1.165, 1.54) is 4.90 Å². The smallest absolute Gasteiger partial charge is 0.278 e. The van der Waals surface area contributed by atoms with Gasteiger partial charge in [-0.1, -0.05) is 54.0 Å². The molecule has 0 radical (unpaired) electrons. The fourth-order valence-corrected chi connectivity index (χ4v) is 5.45. The average molecular weight is 619 g/mol. The maximum atomic E-state index is 14.4. The molecule has 0 bridgehead atoms. The van der Waals surface area contributed by atoms with E-state index in [0.29, 0.717) is 23.5 Å². The van der Waals surface area contributed by atoms with Gasteiger partial charge in [0, 0.05) is 29.2 Å². The molecule has 2 heterocycles. The number of benzene rings is 3. The van der Waals surface area contributed by atoms with Crippen molar-refractivity contribution in [1.29, 1.82) is 0 Å². The van der Waals surface area contributed by atoms with Crippen LogP contribution in [-0.2, 0) is 23.2 Å². The zero-order chi connectivity index (χ0) is 29.3. The second kappa shape index (κ2) is 11.7. The second-order valence-corrected chi connectivity index (χ2v) is 11.1. The number of rotatable bonds is 7. The number of ether oxygens (including phenoxy) is 1. The summed E-state index contributed by atoms with van der Waals surface area (Å²) >= 11 is 3.54. The van der Waals surface area contributed by atoms with Gasteiger partial charge < -0.3 is 19.9 Å². The van der Waals surface area contributed by atoms with E-state index in [0.717, 1.165) is 20.8 Å². The molecular formula is C31H32BrN5O4. The number of fused-ring (bicyclic) bond motifs is 2. The highest BCUT2D eigenvalue weighted by Gasteiger charge is 2.38. The predicted molar refractivity (Wildman–Crippen MR) is 162 cm³/mol. The van der Waals surface area contributed by atoms with Gasteiger partial charge in [0.25, 0.3) is 11.8 Å². The van der Waals surface area contributed by atoms with Crippen molar-refractivity contribution in [3.63, 3.8) is 0 Å². The first-order valence-corrected chi connectivity index (χ1v) is 14.3. The second-order valence-electron chi connectivity index (χ2n) is 10.2. The van der Waals surface area contributed by atoms with Crippen LogP contribution in [0.4, 0.5) is 11.4 Å². The number of halogens is 1. The van der Waals surface area contributed by atoms with Crippen LogP contribution in [0.2, 0.25) is 0 Å². The summed E-state index contributed by atoms with van der Waals surface area (Å²) in [4.78, 5) is 44.4. The molecule has 1 aliphatic rings. The lowest BCUT2D eigenvalue weighted by molar-refractivity contribution is -0.129. The van der Waals surface area contributed by atoms with Gasteiger partial charge in [-0.2, -0.15) is 5.10 Å². The third-order valence-corrected chi connectivity index (χ3v) is 8.03. The molecule has 5 rings (SSSR count). The third kappa shape index (κ3) is 5.56. The van der Waals surface area contributed by atoms with Crippen molar-refractivity contribution >= 4 is 55.8 Å². The molecule has 9 nitrogen and oxygen atoms in total. The Hall–Kier alpha value is -4.18. The van der Waals surface area contributed by atoms with Crippen LogP contribution in [-0.4, -0.2) is 47.2 Å². The normalized spacial score (nSPS) is 15.8. The van der Waals surface area contributed by atoms with E-state index in [2.05, 4.69) is 26.3 Å². The first-order valence-electron chi connectivity index (χ1n) is 13.5. The molecule has 41 heavy (non-hydrogen) atoms. The van der Waals surface area contributed by atoms with Gasteiger partial charge >= 0.3 is 0 Å². The van der Waals surface area contributed by atoms with Gasteiger partial charge in [0.15, 0.2) is 5.69 Å². The number of carbonyl (C=O) groups is 3. The quantitative estimate of drug-likeness (QED) is 0.312. The zero-order valence-electron chi connectivity index (χ0n) is 23.4. The minimum Gasteiger partial charge on any atom is -0.496 e. The van der Waals surface area contributed by atoms with Crippen LogP contribution in [0.3, 0.4) is 0 Å². The molecule has 1 N–H and O–H groups in total. The molecule has 4 aromatic rings. The molecule has 10 heteroatoms. The van der Waals surface area contributed by atoms with Crippen LogP contribution in [0.15, 0.2) is 71.3 Å². The number of anilines is 2. The molecule has 0 unspecified atom stereocenters. The number of nitrogens with zero attached hydrogens (tertiary/aromatic N) is 4. The minimum atomic E-state index is -0.980. The molecule has 2 atom stereocenters. The van der Waals surface area contributed by atoms with Crippen LogP contribution in [0.5, 0.6) is 5.75 Å². The van der Waals surface area contributed by atoms with E-state index in [-0.39, 0.29) is 42.4 Å². The summed E-state index contributed by atoms with van der Waals surface area (Å²) in [6.07, 6.45) is 2.32. The summed E-state index contributed by atoms with van der Waals surface area (Å²) in [5.41, 5.74) is 2.17. The summed E-state index contributed by atoms with van der Waals surface area (Å²) in [7, 11) is 3.34. The van der Waals surface area contributed by atoms with Crippen molar-refractivity contribution in [3.05, 3.63) is 82.6 Å². The van der Waals surface area contributed by atoms with E-state index in [1.807, 2.05) is 68.4 Å². The number of para-hydroxylation sites is 2. The average Bonchev–Trinajstić information content (AvgIpc) is 3.38. The lowest BCUT2D eigenvalue weighted by Gasteiger charge is -2.27. The molecule has 0 aliphatic carbocycles. The molecule has 0 saturated heterocycles. The number of amides is 3. The van der Waals surface area contributed by atoms with Crippen molar-refractivity contribution in [3.8, 4) is 5.75 Å². The van der Waals surface area contributed by atoms with Crippen LogP contribution in [0, 0.1) is 5.92 Å². The van der Waals surface area contributed by atoms with E-state index >= 15 is 0 Å². The number of methoxy groups -OCH3 is 1. The third-order valence-electron chi connectivity index (χ3n) is 7.53. The molecule has 1 aromatic heterocycles. The molecular weight excluding hydrogens is 586 g/mol. The number of hydrogen-bond acceptors (Lipinski definition) is 5. The lowest BCUT2D eigenvalue weighted by atomic mass is 10.0. The Morgan fingerprint density at radius 1 is 1.12 bits per heavy atom. The number of nitrogens with one attached hydrogen (secondary N) is 1. The van der Waals surface area contributed by atoms with Gasteiger partial charge in [-0.25, -0.2) is 0 Å². The molecule has 3 aromatic carbocycles. The van der Waals surface area contributed by atoms with Gasteiger partial charge in [-0.15, -0.1) is 0 Å². The SMILES string of the molecule is CC[C@@H](C)C(=O)N[C@H]1CN(C(=O)c2ccn(C)n2)c2ccccc2N(Cc2c(OC)ccc3cc(Br)ccc23)C1=O. The Morgan fingerprint density at radius 3 is 2.56 bits per heavy atom. The standard InChI is InChI=1S/C31H32BrN5O4/c1-5-19(2)29(38)33-25-18-37(30(39)24-14-15-35(3)34-24)27-9-7-6-8-26(27)36(31(25)40)17-23-22-12-11-21(32)16-20(22)10-13-28(23)41-4/h6-16,19,25H,5,17-18H2,1-4H3,(H,33,38)/t19-,25+/m1/s1. The zero-order valence-corrected chi connectivity index (χ0v) is 25.0. The fraction of sp³-hybridized carbons (Fsp3) is 0.290. The van der Waals surface area contributed by atoms with E-state index < -0.39 is 6.04 Å². The predicted octanol–water partition coefficient (Wildman–Crippen LogP) is 5.07. The summed E-state index contributed by atoms with van der Waals surface area (Å²) < 4.78 is 8.24. The first-order chi connectivity index (χ1) is 19.7. The van der Waals surface area contributed by atoms with E-state index in [9.17, 15) is 14.4 Å². The highest BCUT2D eigenvalue weighted by atomic mass is 79.9. The van der Waals surface area contributed by atoms with Crippen molar-refractivity contribution < 1.29 is 19.1 Å². The number of aromatic nitrogens is 2. The Labute approximate surface area is 247 Å². The molecule has 0 saturated carbocycles. The van der Waals surface area contributed by atoms with Gasteiger partial charge in [0.1, 0.15) is 11.8 Å². The Bertz CT molecular complexity index is 1630. The Morgan fingerprint density at radius 2 is 1.88 bits per heavy atom. The topological polar surface area (TPSA) is 96.8 Å². The van der Waals surface area contributed by atoms with Crippen molar-refractivity contribution in [2.24, 2.45) is 13.0 Å². The van der Waals surface area contributed by atoms with Gasteiger partial charge in [0.05, 0.1) is 31.6 Å². The first kappa shape index (κ1) is 28.4. The van der Waals surface area contributed by atoms with Gasteiger partial charge in [0.2, 0.25) is 5.91 Å². The van der Waals surface area contributed by atoms with Crippen LogP contribution in [0.1, 0.15) is 36.3 Å². The Balaban J connectivity index is 1.65.